The maximum absolute atomic E-state index is 11.2. The SMILES string of the molecule is CC(O)c1cc([N+](=O)[O-])c(N(C)C(C)Cc2cccs2)s1. The predicted molar refractivity (Wildman–Crippen MR) is 87.5 cm³/mol. The highest BCUT2D eigenvalue weighted by Crippen LogP contribution is 2.40. The van der Waals surface area contributed by atoms with Gasteiger partial charge in [-0.3, -0.25) is 10.1 Å². The largest absolute Gasteiger partial charge is 0.388 e. The second kappa shape index (κ2) is 6.55. The number of nitrogens with zero attached hydrogens (tertiary/aromatic N) is 2. The van der Waals surface area contributed by atoms with E-state index in [1.165, 1.54) is 22.3 Å². The molecule has 0 aliphatic heterocycles. The van der Waals surface area contributed by atoms with E-state index in [1.54, 1.807) is 18.3 Å². The Balaban J connectivity index is 2.24. The van der Waals surface area contributed by atoms with Crippen molar-refractivity contribution in [3.8, 4) is 0 Å². The summed E-state index contributed by atoms with van der Waals surface area (Å²) in [6.45, 7) is 3.67. The summed E-state index contributed by atoms with van der Waals surface area (Å²) in [7, 11) is 1.86. The van der Waals surface area contributed by atoms with Gasteiger partial charge in [-0.25, -0.2) is 0 Å². The average molecular weight is 326 g/mol. The van der Waals surface area contributed by atoms with Gasteiger partial charge in [0.25, 0.3) is 0 Å². The number of aliphatic hydroxyl groups excluding tert-OH is 1. The topological polar surface area (TPSA) is 66.6 Å². The number of likely N-dealkylation sites (N-methyl/N-ethyl adjacent to an activating group) is 1. The third-order valence-corrected chi connectivity index (χ3v) is 5.66. The van der Waals surface area contributed by atoms with E-state index in [0.717, 1.165) is 6.42 Å². The zero-order valence-corrected chi connectivity index (χ0v) is 13.8. The van der Waals surface area contributed by atoms with Crippen LogP contribution in [-0.2, 0) is 6.42 Å². The van der Waals surface area contributed by atoms with Crippen LogP contribution in [0.4, 0.5) is 10.7 Å². The van der Waals surface area contributed by atoms with Crippen molar-refractivity contribution in [3.63, 3.8) is 0 Å². The summed E-state index contributed by atoms with van der Waals surface area (Å²) in [5, 5.41) is 23.5. The molecule has 114 valence electrons. The molecule has 0 aliphatic carbocycles. The van der Waals surface area contributed by atoms with E-state index in [9.17, 15) is 15.2 Å². The van der Waals surface area contributed by atoms with Crippen molar-refractivity contribution >= 4 is 33.4 Å². The van der Waals surface area contributed by atoms with Crippen LogP contribution in [0.25, 0.3) is 0 Å². The first-order valence-electron chi connectivity index (χ1n) is 6.61. The van der Waals surface area contributed by atoms with Gasteiger partial charge in [-0.15, -0.1) is 22.7 Å². The molecule has 2 heterocycles. The minimum Gasteiger partial charge on any atom is -0.388 e. The van der Waals surface area contributed by atoms with Gasteiger partial charge in [0.15, 0.2) is 5.00 Å². The highest BCUT2D eigenvalue weighted by atomic mass is 32.1. The van der Waals surface area contributed by atoms with Crippen LogP contribution in [-0.4, -0.2) is 23.1 Å². The first-order chi connectivity index (χ1) is 9.90. The lowest BCUT2D eigenvalue weighted by molar-refractivity contribution is -0.383. The van der Waals surface area contributed by atoms with Crippen molar-refractivity contribution in [2.24, 2.45) is 0 Å². The van der Waals surface area contributed by atoms with Crippen LogP contribution in [0.15, 0.2) is 23.6 Å². The number of rotatable bonds is 6. The Morgan fingerprint density at radius 3 is 2.71 bits per heavy atom. The smallest absolute Gasteiger partial charge is 0.304 e. The quantitative estimate of drug-likeness (QED) is 0.647. The third kappa shape index (κ3) is 3.61. The van der Waals surface area contributed by atoms with Crippen LogP contribution in [0.3, 0.4) is 0 Å². The zero-order valence-electron chi connectivity index (χ0n) is 12.1. The van der Waals surface area contributed by atoms with Gasteiger partial charge < -0.3 is 10.0 Å². The summed E-state index contributed by atoms with van der Waals surface area (Å²) in [6, 6.07) is 5.69. The number of hydrogen-bond acceptors (Lipinski definition) is 6. The molecule has 0 spiro atoms. The summed E-state index contributed by atoms with van der Waals surface area (Å²) in [6.07, 6.45) is 0.149. The molecular formula is C14H18N2O3S2. The number of aliphatic hydroxyl groups is 1. The van der Waals surface area contributed by atoms with Crippen LogP contribution < -0.4 is 4.90 Å². The highest BCUT2D eigenvalue weighted by Gasteiger charge is 2.26. The first kappa shape index (κ1) is 15.9. The summed E-state index contributed by atoms with van der Waals surface area (Å²) in [4.78, 5) is 14.6. The maximum atomic E-state index is 11.2. The molecule has 2 unspecified atom stereocenters. The molecule has 0 radical (unpaired) electrons. The lowest BCUT2D eigenvalue weighted by atomic mass is 10.2. The van der Waals surface area contributed by atoms with Crippen LogP contribution in [0.5, 0.6) is 0 Å². The van der Waals surface area contributed by atoms with E-state index in [-0.39, 0.29) is 16.7 Å². The van der Waals surface area contributed by atoms with E-state index < -0.39 is 6.10 Å². The van der Waals surface area contributed by atoms with E-state index in [2.05, 4.69) is 6.07 Å². The minimum absolute atomic E-state index is 0.0661. The lowest BCUT2D eigenvalue weighted by Crippen LogP contribution is -2.30. The van der Waals surface area contributed by atoms with E-state index in [4.69, 9.17) is 0 Å². The standard InChI is InChI=1S/C14H18N2O3S2/c1-9(7-11-5-4-6-20-11)15(3)14-12(16(18)19)8-13(21-14)10(2)17/h4-6,8-10,17H,7H2,1-3H3. The van der Waals surface area contributed by atoms with Gasteiger partial charge in [-0.05, 0) is 25.3 Å². The van der Waals surface area contributed by atoms with Gasteiger partial charge >= 0.3 is 5.69 Å². The summed E-state index contributed by atoms with van der Waals surface area (Å²) in [5.41, 5.74) is 0.0661. The van der Waals surface area contributed by atoms with Gasteiger partial charge in [0.2, 0.25) is 0 Å². The fourth-order valence-corrected chi connectivity index (χ4v) is 3.99. The van der Waals surface area contributed by atoms with Gasteiger partial charge in [0.05, 0.1) is 11.0 Å². The van der Waals surface area contributed by atoms with E-state index in [0.29, 0.717) is 9.88 Å². The predicted octanol–water partition coefficient (Wildman–Crippen LogP) is 3.84. The van der Waals surface area contributed by atoms with Gasteiger partial charge in [0, 0.05) is 35.3 Å². The first-order valence-corrected chi connectivity index (χ1v) is 8.31. The van der Waals surface area contributed by atoms with Gasteiger partial charge in [-0.1, -0.05) is 6.07 Å². The Hall–Kier alpha value is -1.44. The molecule has 2 aromatic rings. The molecule has 0 saturated heterocycles. The molecule has 0 fully saturated rings. The second-order valence-electron chi connectivity index (χ2n) is 5.02. The molecular weight excluding hydrogens is 308 g/mol. The normalized spacial score (nSPS) is 13.9. The Morgan fingerprint density at radius 2 is 2.19 bits per heavy atom. The zero-order chi connectivity index (χ0) is 15.6. The van der Waals surface area contributed by atoms with E-state index >= 15 is 0 Å². The molecule has 7 heteroatoms. The Morgan fingerprint density at radius 1 is 1.48 bits per heavy atom. The monoisotopic (exact) mass is 326 g/mol. The van der Waals surface area contributed by atoms with Gasteiger partial charge in [-0.2, -0.15) is 0 Å². The van der Waals surface area contributed by atoms with Crippen molar-refractivity contribution < 1.29 is 10.0 Å². The molecule has 0 bridgehead atoms. The molecule has 0 aliphatic rings. The maximum Gasteiger partial charge on any atom is 0.304 e. The molecule has 2 aromatic heterocycles. The number of nitro groups is 1. The average Bonchev–Trinajstić information content (AvgIpc) is 3.06. The molecule has 2 atom stereocenters. The molecule has 21 heavy (non-hydrogen) atoms. The van der Waals surface area contributed by atoms with Crippen molar-refractivity contribution in [2.45, 2.75) is 32.4 Å². The summed E-state index contributed by atoms with van der Waals surface area (Å²) < 4.78 is 0. The highest BCUT2D eigenvalue weighted by molar-refractivity contribution is 7.16. The van der Waals surface area contributed by atoms with Crippen LogP contribution >= 0.6 is 22.7 Å². The Kier molecular flexibility index (Phi) is 4.97. The van der Waals surface area contributed by atoms with Crippen LogP contribution in [0.2, 0.25) is 0 Å². The fourth-order valence-electron chi connectivity index (χ4n) is 2.04. The van der Waals surface area contributed by atoms with Crippen molar-refractivity contribution in [3.05, 3.63) is 43.4 Å². The van der Waals surface area contributed by atoms with Crippen LogP contribution in [0, 0.1) is 10.1 Å². The number of hydrogen-bond donors (Lipinski definition) is 1. The molecule has 0 amide bonds. The number of thiophene rings is 2. The fraction of sp³-hybridized carbons (Fsp3) is 0.429. The Bertz CT molecular complexity index is 608. The second-order valence-corrected chi connectivity index (χ2v) is 7.11. The lowest BCUT2D eigenvalue weighted by Gasteiger charge is -2.24. The third-order valence-electron chi connectivity index (χ3n) is 3.38. The molecule has 1 N–H and O–H groups in total. The van der Waals surface area contributed by atoms with Gasteiger partial charge in [0.1, 0.15) is 0 Å². The minimum atomic E-state index is -0.691. The summed E-state index contributed by atoms with van der Waals surface area (Å²) in [5.74, 6) is 0. The molecule has 0 saturated carbocycles. The number of anilines is 1. The van der Waals surface area contributed by atoms with Crippen LogP contribution in [0.1, 0.15) is 29.7 Å². The molecule has 2 rings (SSSR count). The molecule has 5 nitrogen and oxygen atoms in total. The van der Waals surface area contributed by atoms with E-state index in [1.807, 2.05) is 30.3 Å². The van der Waals surface area contributed by atoms with Crippen molar-refractivity contribution in [1.82, 2.24) is 0 Å². The van der Waals surface area contributed by atoms with Crippen molar-refractivity contribution in [1.29, 1.82) is 0 Å². The molecule has 0 aromatic carbocycles. The summed E-state index contributed by atoms with van der Waals surface area (Å²) >= 11 is 2.97. The van der Waals surface area contributed by atoms with Crippen molar-refractivity contribution in [2.75, 3.05) is 11.9 Å². The Labute approximate surface area is 131 Å².